The van der Waals surface area contributed by atoms with Gasteiger partial charge in [-0.3, -0.25) is 0 Å². The van der Waals surface area contributed by atoms with E-state index < -0.39 is 0 Å². The maximum Gasteiger partial charge on any atom is 0.223 e. The Morgan fingerprint density at radius 1 is 1.14 bits per heavy atom. The minimum atomic E-state index is 0.0734. The number of halogens is 1. The molecule has 0 aliphatic rings. The number of aromatic hydroxyl groups is 1. The lowest BCUT2D eigenvalue weighted by atomic mass is 10.1. The van der Waals surface area contributed by atoms with Crippen molar-refractivity contribution in [2.45, 2.75) is 11.8 Å². The first-order valence-corrected chi connectivity index (χ1v) is 8.25. The topological polar surface area (TPSA) is 50.9 Å². The van der Waals surface area contributed by atoms with Gasteiger partial charge in [-0.1, -0.05) is 23.7 Å². The lowest BCUT2D eigenvalue weighted by Gasteiger charge is -2.04. The summed E-state index contributed by atoms with van der Waals surface area (Å²) in [5.41, 5.74) is 2.29. The fraction of sp³-hybridized carbons (Fsp3) is 0.125. The highest BCUT2D eigenvalue weighted by Gasteiger charge is 2.17. The van der Waals surface area contributed by atoms with Crippen LogP contribution in [-0.4, -0.2) is 26.1 Å². The second-order valence-electron chi connectivity index (χ2n) is 4.76. The number of pyridine rings is 1. The molecule has 112 valence electrons. The molecule has 3 rings (SSSR count). The highest BCUT2D eigenvalue weighted by Crippen LogP contribution is 2.34. The zero-order chi connectivity index (χ0) is 15.7. The fourth-order valence-electron chi connectivity index (χ4n) is 2.25. The van der Waals surface area contributed by atoms with E-state index in [0.717, 1.165) is 16.2 Å². The van der Waals surface area contributed by atoms with Crippen LogP contribution in [0.1, 0.15) is 5.69 Å². The third kappa shape index (κ3) is 2.69. The van der Waals surface area contributed by atoms with Crippen molar-refractivity contribution in [2.75, 3.05) is 6.26 Å². The summed E-state index contributed by atoms with van der Waals surface area (Å²) in [6.45, 7) is 1.86. The highest BCUT2D eigenvalue weighted by atomic mass is 35.5. The van der Waals surface area contributed by atoms with Crippen molar-refractivity contribution in [1.82, 2.24) is 14.8 Å². The molecule has 0 bridgehead atoms. The molecule has 4 nitrogen and oxygen atoms in total. The maximum atomic E-state index is 10.5. The van der Waals surface area contributed by atoms with Crippen LogP contribution in [0.2, 0.25) is 5.02 Å². The first-order valence-electron chi connectivity index (χ1n) is 6.65. The molecule has 0 saturated heterocycles. The Labute approximate surface area is 137 Å². The Morgan fingerprint density at radius 2 is 1.86 bits per heavy atom. The molecular weight excluding hydrogens is 318 g/mol. The molecule has 2 heterocycles. The van der Waals surface area contributed by atoms with Crippen molar-refractivity contribution in [3.8, 4) is 22.8 Å². The molecule has 0 saturated carbocycles. The minimum absolute atomic E-state index is 0.0734. The van der Waals surface area contributed by atoms with Crippen LogP contribution in [-0.2, 0) is 0 Å². The molecule has 0 aliphatic heterocycles. The molecule has 0 spiro atoms. The highest BCUT2D eigenvalue weighted by molar-refractivity contribution is 7.98. The van der Waals surface area contributed by atoms with Crippen molar-refractivity contribution in [2.24, 2.45) is 0 Å². The standard InChI is InChI=1S/C16H14ClN3OS/c1-10-15(11-3-5-12(17)6-4-11)16(21)20(19-10)14-8-7-13(22-2)9-18-14/h3-9,21H,1-2H3. The molecule has 1 N–H and O–H groups in total. The minimum Gasteiger partial charge on any atom is -0.493 e. The molecule has 0 radical (unpaired) electrons. The smallest absolute Gasteiger partial charge is 0.223 e. The number of aryl methyl sites for hydroxylation is 1. The summed E-state index contributed by atoms with van der Waals surface area (Å²) in [4.78, 5) is 5.40. The Balaban J connectivity index is 2.07. The van der Waals surface area contributed by atoms with Gasteiger partial charge in [0.2, 0.25) is 5.88 Å². The summed E-state index contributed by atoms with van der Waals surface area (Å²) in [5, 5.41) is 15.6. The first kappa shape index (κ1) is 14.9. The molecule has 2 aromatic heterocycles. The normalized spacial score (nSPS) is 10.9. The van der Waals surface area contributed by atoms with E-state index in [2.05, 4.69) is 10.1 Å². The van der Waals surface area contributed by atoms with E-state index in [1.165, 1.54) is 4.68 Å². The second-order valence-corrected chi connectivity index (χ2v) is 6.08. The zero-order valence-electron chi connectivity index (χ0n) is 12.1. The van der Waals surface area contributed by atoms with Gasteiger partial charge in [0, 0.05) is 16.1 Å². The van der Waals surface area contributed by atoms with Crippen molar-refractivity contribution in [3.05, 3.63) is 53.3 Å². The SMILES string of the molecule is CSc1ccc(-n2nc(C)c(-c3ccc(Cl)cc3)c2O)nc1. The molecular formula is C16H14ClN3OS. The summed E-state index contributed by atoms with van der Waals surface area (Å²) >= 11 is 7.53. The summed E-state index contributed by atoms with van der Waals surface area (Å²) < 4.78 is 1.45. The number of hydrogen-bond donors (Lipinski definition) is 1. The van der Waals surface area contributed by atoms with Crippen LogP contribution < -0.4 is 0 Å². The molecule has 0 amide bonds. The van der Waals surface area contributed by atoms with Gasteiger partial charge in [0.05, 0.1) is 11.3 Å². The van der Waals surface area contributed by atoms with Crippen LogP contribution in [0.3, 0.4) is 0 Å². The predicted molar refractivity (Wildman–Crippen MR) is 90.0 cm³/mol. The van der Waals surface area contributed by atoms with Crippen LogP contribution in [0.4, 0.5) is 0 Å². The summed E-state index contributed by atoms with van der Waals surface area (Å²) in [6.07, 6.45) is 3.75. The van der Waals surface area contributed by atoms with E-state index in [0.29, 0.717) is 16.4 Å². The molecule has 22 heavy (non-hydrogen) atoms. The average molecular weight is 332 g/mol. The number of thioether (sulfide) groups is 1. The van der Waals surface area contributed by atoms with Crippen LogP contribution in [0.25, 0.3) is 16.9 Å². The van der Waals surface area contributed by atoms with Gasteiger partial charge in [-0.15, -0.1) is 11.8 Å². The monoisotopic (exact) mass is 331 g/mol. The molecule has 3 aromatic rings. The van der Waals surface area contributed by atoms with Gasteiger partial charge in [0.25, 0.3) is 0 Å². The maximum absolute atomic E-state index is 10.5. The Kier molecular flexibility index (Phi) is 4.09. The molecule has 0 fully saturated rings. The molecule has 0 atom stereocenters. The molecule has 0 unspecified atom stereocenters. The van der Waals surface area contributed by atoms with E-state index in [4.69, 9.17) is 11.6 Å². The van der Waals surface area contributed by atoms with Crippen molar-refractivity contribution >= 4 is 23.4 Å². The number of nitrogens with zero attached hydrogens (tertiary/aromatic N) is 3. The van der Waals surface area contributed by atoms with Gasteiger partial charge in [-0.25, -0.2) is 4.98 Å². The largest absolute Gasteiger partial charge is 0.493 e. The number of aromatic nitrogens is 3. The number of benzene rings is 1. The van der Waals surface area contributed by atoms with Gasteiger partial charge in [0.1, 0.15) is 0 Å². The lowest BCUT2D eigenvalue weighted by Crippen LogP contribution is -1.98. The van der Waals surface area contributed by atoms with Crippen LogP contribution in [0, 0.1) is 6.92 Å². The van der Waals surface area contributed by atoms with Crippen molar-refractivity contribution in [3.63, 3.8) is 0 Å². The molecule has 6 heteroatoms. The molecule has 0 aliphatic carbocycles. The van der Waals surface area contributed by atoms with Crippen molar-refractivity contribution in [1.29, 1.82) is 0 Å². The summed E-state index contributed by atoms with van der Waals surface area (Å²) in [6, 6.07) is 11.1. The van der Waals surface area contributed by atoms with E-state index in [1.807, 2.05) is 37.4 Å². The Hall–Kier alpha value is -1.98. The Bertz CT molecular complexity index is 798. The van der Waals surface area contributed by atoms with Crippen LogP contribution in [0.15, 0.2) is 47.5 Å². The number of hydrogen-bond acceptors (Lipinski definition) is 4. The average Bonchev–Trinajstić information content (AvgIpc) is 2.83. The fourth-order valence-corrected chi connectivity index (χ4v) is 2.74. The van der Waals surface area contributed by atoms with E-state index in [1.54, 1.807) is 30.1 Å². The van der Waals surface area contributed by atoms with Crippen LogP contribution in [0.5, 0.6) is 5.88 Å². The van der Waals surface area contributed by atoms with E-state index in [9.17, 15) is 5.11 Å². The number of rotatable bonds is 3. The quantitative estimate of drug-likeness (QED) is 0.726. The van der Waals surface area contributed by atoms with Crippen molar-refractivity contribution < 1.29 is 5.11 Å². The van der Waals surface area contributed by atoms with Gasteiger partial charge in [-0.2, -0.15) is 9.78 Å². The predicted octanol–water partition coefficient (Wildman–Crippen LogP) is 4.32. The lowest BCUT2D eigenvalue weighted by molar-refractivity contribution is 0.433. The van der Waals surface area contributed by atoms with E-state index >= 15 is 0 Å². The first-order chi connectivity index (χ1) is 10.6. The summed E-state index contributed by atoms with van der Waals surface area (Å²) in [7, 11) is 0. The van der Waals surface area contributed by atoms with E-state index in [-0.39, 0.29) is 5.88 Å². The van der Waals surface area contributed by atoms with Gasteiger partial charge >= 0.3 is 0 Å². The van der Waals surface area contributed by atoms with Crippen LogP contribution >= 0.6 is 23.4 Å². The van der Waals surface area contributed by atoms with Gasteiger partial charge < -0.3 is 5.11 Å². The second kappa shape index (κ2) is 6.02. The van der Waals surface area contributed by atoms with Gasteiger partial charge in [-0.05, 0) is 43.0 Å². The third-order valence-corrected chi connectivity index (χ3v) is 4.31. The molecule has 1 aromatic carbocycles. The Morgan fingerprint density at radius 3 is 2.45 bits per heavy atom. The third-order valence-electron chi connectivity index (χ3n) is 3.34. The zero-order valence-corrected chi connectivity index (χ0v) is 13.7. The summed E-state index contributed by atoms with van der Waals surface area (Å²) in [5.74, 6) is 0.655. The van der Waals surface area contributed by atoms with Gasteiger partial charge in [0.15, 0.2) is 5.82 Å².